The number of ether oxygens (including phenoxy) is 3. The van der Waals surface area contributed by atoms with E-state index in [9.17, 15) is 9.59 Å². The lowest BCUT2D eigenvalue weighted by Crippen LogP contribution is -2.48. The van der Waals surface area contributed by atoms with Crippen molar-refractivity contribution in [2.75, 3.05) is 44.9 Å². The molecule has 1 aromatic rings. The van der Waals surface area contributed by atoms with Gasteiger partial charge >= 0.3 is 0 Å². The van der Waals surface area contributed by atoms with Crippen LogP contribution in [-0.2, 0) is 19.1 Å². The van der Waals surface area contributed by atoms with Crippen molar-refractivity contribution in [3.05, 3.63) is 23.2 Å². The molecule has 0 aliphatic carbocycles. The second-order valence-corrected chi connectivity index (χ2v) is 7.16. The normalized spacial score (nSPS) is 18.6. The van der Waals surface area contributed by atoms with Crippen molar-refractivity contribution in [1.82, 2.24) is 4.90 Å². The highest BCUT2D eigenvalue weighted by Gasteiger charge is 2.40. The van der Waals surface area contributed by atoms with Crippen LogP contribution in [0.1, 0.15) is 26.2 Å². The first-order valence-electron chi connectivity index (χ1n) is 9.11. The zero-order valence-electron chi connectivity index (χ0n) is 15.7. The second kappa shape index (κ2) is 8.46. The molecule has 0 radical (unpaired) electrons. The molecule has 0 bridgehead atoms. The molecule has 27 heavy (non-hydrogen) atoms. The SMILES string of the molecule is COc1ccc(Cl)cc1N(CCC(=O)N1CCC2(CC1)OCCO2)C(C)=O. The van der Waals surface area contributed by atoms with Crippen LogP contribution < -0.4 is 9.64 Å². The number of benzene rings is 1. The summed E-state index contributed by atoms with van der Waals surface area (Å²) in [6, 6.07) is 5.08. The maximum atomic E-state index is 12.6. The summed E-state index contributed by atoms with van der Waals surface area (Å²) in [6.07, 6.45) is 1.58. The van der Waals surface area contributed by atoms with Gasteiger partial charge in [-0.05, 0) is 18.2 Å². The molecule has 0 saturated carbocycles. The van der Waals surface area contributed by atoms with Gasteiger partial charge in [0.2, 0.25) is 11.8 Å². The van der Waals surface area contributed by atoms with Crippen LogP contribution >= 0.6 is 11.6 Å². The van der Waals surface area contributed by atoms with Crippen LogP contribution in [0.2, 0.25) is 5.02 Å². The molecule has 0 N–H and O–H groups in total. The fourth-order valence-corrected chi connectivity index (χ4v) is 3.74. The summed E-state index contributed by atoms with van der Waals surface area (Å²) in [4.78, 5) is 28.1. The van der Waals surface area contributed by atoms with Crippen molar-refractivity contribution in [2.24, 2.45) is 0 Å². The summed E-state index contributed by atoms with van der Waals surface area (Å²) in [5.41, 5.74) is 0.565. The molecule has 148 valence electrons. The minimum Gasteiger partial charge on any atom is -0.495 e. The monoisotopic (exact) mass is 396 g/mol. The standard InChI is InChI=1S/C19H25ClN2O5/c1-14(23)22(16-13-15(20)3-4-17(16)25-2)8-5-18(24)21-9-6-19(7-10-21)26-11-12-27-19/h3-4,13H,5-12H2,1-2H3. The molecule has 2 amide bonds. The fraction of sp³-hybridized carbons (Fsp3) is 0.579. The predicted octanol–water partition coefficient (Wildman–Crippen LogP) is 2.46. The van der Waals surface area contributed by atoms with E-state index in [1.54, 1.807) is 18.2 Å². The van der Waals surface area contributed by atoms with E-state index in [-0.39, 0.29) is 24.8 Å². The Morgan fingerprint density at radius 2 is 1.93 bits per heavy atom. The maximum Gasteiger partial charge on any atom is 0.224 e. The molecular weight excluding hydrogens is 372 g/mol. The average molecular weight is 397 g/mol. The van der Waals surface area contributed by atoms with Gasteiger partial charge in [-0.25, -0.2) is 0 Å². The van der Waals surface area contributed by atoms with E-state index < -0.39 is 5.79 Å². The zero-order chi connectivity index (χ0) is 19.4. The topological polar surface area (TPSA) is 68.3 Å². The summed E-state index contributed by atoms with van der Waals surface area (Å²) in [7, 11) is 1.53. The van der Waals surface area contributed by atoms with Crippen molar-refractivity contribution in [1.29, 1.82) is 0 Å². The number of anilines is 1. The van der Waals surface area contributed by atoms with E-state index in [1.165, 1.54) is 18.9 Å². The number of likely N-dealkylation sites (tertiary alicyclic amines) is 1. The van der Waals surface area contributed by atoms with Gasteiger partial charge in [0.25, 0.3) is 0 Å². The molecule has 2 fully saturated rings. The van der Waals surface area contributed by atoms with Gasteiger partial charge in [0.1, 0.15) is 5.75 Å². The van der Waals surface area contributed by atoms with E-state index in [0.717, 1.165) is 0 Å². The Kier molecular flexibility index (Phi) is 6.24. The first-order chi connectivity index (χ1) is 12.9. The molecule has 3 rings (SSSR count). The summed E-state index contributed by atoms with van der Waals surface area (Å²) >= 11 is 6.07. The molecule has 1 aromatic carbocycles. The van der Waals surface area contributed by atoms with Crippen LogP contribution in [0.5, 0.6) is 5.75 Å². The number of piperidine rings is 1. The van der Waals surface area contributed by atoms with Gasteiger partial charge < -0.3 is 24.0 Å². The predicted molar refractivity (Wildman–Crippen MR) is 101 cm³/mol. The van der Waals surface area contributed by atoms with Gasteiger partial charge in [0.15, 0.2) is 5.79 Å². The smallest absolute Gasteiger partial charge is 0.224 e. The Morgan fingerprint density at radius 1 is 1.26 bits per heavy atom. The number of halogens is 1. The number of methoxy groups -OCH3 is 1. The summed E-state index contributed by atoms with van der Waals surface area (Å²) < 4.78 is 16.7. The highest BCUT2D eigenvalue weighted by molar-refractivity contribution is 6.31. The third-order valence-corrected chi connectivity index (χ3v) is 5.29. The third-order valence-electron chi connectivity index (χ3n) is 5.05. The van der Waals surface area contributed by atoms with Crippen LogP contribution in [-0.4, -0.2) is 62.5 Å². The summed E-state index contributed by atoms with van der Waals surface area (Å²) in [5, 5.41) is 0.501. The largest absolute Gasteiger partial charge is 0.495 e. The Morgan fingerprint density at radius 3 is 2.52 bits per heavy atom. The number of amides is 2. The molecule has 2 aliphatic rings. The quantitative estimate of drug-likeness (QED) is 0.764. The lowest BCUT2D eigenvalue weighted by atomic mass is 10.0. The van der Waals surface area contributed by atoms with Crippen molar-refractivity contribution >= 4 is 29.1 Å². The van der Waals surface area contributed by atoms with Crippen molar-refractivity contribution in [3.63, 3.8) is 0 Å². The minimum absolute atomic E-state index is 0.00934. The molecule has 2 saturated heterocycles. The van der Waals surface area contributed by atoms with Crippen LogP contribution in [0.3, 0.4) is 0 Å². The molecule has 0 aromatic heterocycles. The summed E-state index contributed by atoms with van der Waals surface area (Å²) in [5.74, 6) is -0.127. The molecule has 1 spiro atoms. The molecule has 0 atom stereocenters. The van der Waals surface area contributed by atoms with E-state index in [1.807, 2.05) is 4.90 Å². The summed E-state index contributed by atoms with van der Waals surface area (Å²) in [6.45, 7) is 4.15. The fourth-order valence-electron chi connectivity index (χ4n) is 3.57. The number of carbonyl (C=O) groups is 2. The maximum absolute atomic E-state index is 12.6. The molecule has 0 unspecified atom stereocenters. The van der Waals surface area contributed by atoms with Crippen molar-refractivity contribution in [2.45, 2.75) is 32.0 Å². The first-order valence-corrected chi connectivity index (χ1v) is 9.49. The van der Waals surface area contributed by atoms with Crippen LogP contribution in [0, 0.1) is 0 Å². The highest BCUT2D eigenvalue weighted by atomic mass is 35.5. The number of hydrogen-bond acceptors (Lipinski definition) is 5. The van der Waals surface area contributed by atoms with Gasteiger partial charge in [-0.3, -0.25) is 9.59 Å². The van der Waals surface area contributed by atoms with Crippen LogP contribution in [0.4, 0.5) is 5.69 Å². The molecular formula is C19H25ClN2O5. The Labute approximate surface area is 164 Å². The van der Waals surface area contributed by atoms with Crippen molar-refractivity contribution in [3.8, 4) is 5.75 Å². The van der Waals surface area contributed by atoms with Crippen LogP contribution in [0.15, 0.2) is 18.2 Å². The van der Waals surface area contributed by atoms with E-state index >= 15 is 0 Å². The number of rotatable bonds is 5. The highest BCUT2D eigenvalue weighted by Crippen LogP contribution is 2.33. The lowest BCUT2D eigenvalue weighted by Gasteiger charge is -2.37. The number of nitrogens with zero attached hydrogens (tertiary/aromatic N) is 2. The van der Waals surface area contributed by atoms with Gasteiger partial charge in [0, 0.05) is 50.8 Å². The van der Waals surface area contributed by atoms with Gasteiger partial charge in [-0.15, -0.1) is 0 Å². The molecule has 2 aliphatic heterocycles. The average Bonchev–Trinajstić information content (AvgIpc) is 3.10. The molecule has 2 heterocycles. The number of hydrogen-bond donors (Lipinski definition) is 0. The van der Waals surface area contributed by atoms with Crippen molar-refractivity contribution < 1.29 is 23.8 Å². The van der Waals surface area contributed by atoms with Gasteiger partial charge in [-0.2, -0.15) is 0 Å². The number of carbonyl (C=O) groups excluding carboxylic acids is 2. The Bertz CT molecular complexity index is 695. The zero-order valence-corrected chi connectivity index (χ0v) is 16.5. The van der Waals surface area contributed by atoms with E-state index in [4.69, 9.17) is 25.8 Å². The van der Waals surface area contributed by atoms with Crippen LogP contribution in [0.25, 0.3) is 0 Å². The lowest BCUT2D eigenvalue weighted by molar-refractivity contribution is -0.187. The molecule has 7 nitrogen and oxygen atoms in total. The first kappa shape index (κ1) is 19.9. The van der Waals surface area contributed by atoms with E-state index in [0.29, 0.717) is 55.6 Å². The van der Waals surface area contributed by atoms with Gasteiger partial charge in [-0.1, -0.05) is 11.6 Å². The Balaban J connectivity index is 1.61. The third kappa shape index (κ3) is 4.54. The molecule has 8 heteroatoms. The van der Waals surface area contributed by atoms with E-state index in [2.05, 4.69) is 0 Å². The van der Waals surface area contributed by atoms with Gasteiger partial charge in [0.05, 0.1) is 26.0 Å². The Hall–Kier alpha value is -1.83. The second-order valence-electron chi connectivity index (χ2n) is 6.73. The minimum atomic E-state index is -0.504.